The molecule has 1 aliphatic heterocycles. The van der Waals surface area contributed by atoms with Gasteiger partial charge in [0.2, 0.25) is 0 Å². The minimum absolute atomic E-state index is 0.0923. The van der Waals surface area contributed by atoms with Crippen molar-refractivity contribution in [3.8, 4) is 11.5 Å². The van der Waals surface area contributed by atoms with Gasteiger partial charge in [0.15, 0.2) is 5.84 Å². The van der Waals surface area contributed by atoms with Gasteiger partial charge in [0, 0.05) is 10.6 Å². The zero-order valence-corrected chi connectivity index (χ0v) is 15.4. The number of nitro groups is 1. The number of phenolic OH excluding ortho intramolecular Hbond substituents is 1. The largest absolute Gasteiger partial charge is 0.508 e. The van der Waals surface area contributed by atoms with E-state index in [0.29, 0.717) is 23.7 Å². The first-order valence-corrected chi connectivity index (χ1v) is 8.61. The van der Waals surface area contributed by atoms with Crippen LogP contribution in [0.15, 0.2) is 63.5 Å². The molecule has 2 aromatic carbocycles. The fourth-order valence-electron chi connectivity index (χ4n) is 2.60. The van der Waals surface area contributed by atoms with Gasteiger partial charge < -0.3 is 15.2 Å². The van der Waals surface area contributed by atoms with Crippen LogP contribution >= 0.6 is 0 Å². The number of rotatable bonds is 5. The summed E-state index contributed by atoms with van der Waals surface area (Å²) in [5.74, 6) is 1.03. The highest BCUT2D eigenvalue weighted by Crippen LogP contribution is 2.20. The van der Waals surface area contributed by atoms with Crippen LogP contribution in [0.5, 0.6) is 11.5 Å². The third kappa shape index (κ3) is 4.50. The fraction of sp³-hybridized carbons (Fsp3) is 0.211. The number of benzene rings is 2. The highest BCUT2D eigenvalue weighted by atomic mass is 16.6. The highest BCUT2D eigenvalue weighted by Gasteiger charge is 2.34. The summed E-state index contributed by atoms with van der Waals surface area (Å²) in [6.07, 6.45) is 0. The molecule has 0 radical (unpaired) electrons. The van der Waals surface area contributed by atoms with Crippen molar-refractivity contribution in [2.75, 3.05) is 11.9 Å². The van der Waals surface area contributed by atoms with Gasteiger partial charge in [-0.05, 0) is 62.4 Å². The SMILES string of the molecule is CCOc1ccc(NC2=NC(=Nc3ccc(O)cc3)N=C(C)C2[N+](=O)[O-])cc1. The number of nitrogens with one attached hydrogen (secondary N) is 1. The average molecular weight is 381 g/mol. The summed E-state index contributed by atoms with van der Waals surface area (Å²) in [6, 6.07) is 12.0. The Morgan fingerprint density at radius 2 is 1.86 bits per heavy atom. The molecule has 2 aromatic rings. The topological polar surface area (TPSA) is 122 Å². The first kappa shape index (κ1) is 19.0. The molecule has 0 amide bonds. The number of nitrogens with zero attached hydrogens (tertiary/aromatic N) is 4. The molecule has 9 heteroatoms. The van der Waals surface area contributed by atoms with Crippen LogP contribution < -0.4 is 10.1 Å². The minimum Gasteiger partial charge on any atom is -0.508 e. The number of amidine groups is 1. The quantitative estimate of drug-likeness (QED) is 0.607. The third-order valence-electron chi connectivity index (χ3n) is 3.88. The number of ether oxygens (including phenoxy) is 1. The van der Waals surface area contributed by atoms with Crippen molar-refractivity contribution in [1.29, 1.82) is 0 Å². The summed E-state index contributed by atoms with van der Waals surface area (Å²) >= 11 is 0. The Hall–Kier alpha value is -3.75. The molecule has 1 atom stereocenters. The second-order valence-corrected chi connectivity index (χ2v) is 5.95. The maximum atomic E-state index is 11.5. The molecule has 3 rings (SSSR count). The third-order valence-corrected chi connectivity index (χ3v) is 3.88. The van der Waals surface area contributed by atoms with Crippen LogP contribution in [0, 0.1) is 10.1 Å². The lowest BCUT2D eigenvalue weighted by molar-refractivity contribution is -0.484. The minimum atomic E-state index is -1.19. The molecule has 9 nitrogen and oxygen atoms in total. The molecule has 1 aliphatic rings. The second kappa shape index (κ2) is 8.30. The van der Waals surface area contributed by atoms with E-state index in [9.17, 15) is 15.2 Å². The van der Waals surface area contributed by atoms with E-state index >= 15 is 0 Å². The monoisotopic (exact) mass is 381 g/mol. The van der Waals surface area contributed by atoms with E-state index in [1.54, 1.807) is 43.3 Å². The van der Waals surface area contributed by atoms with E-state index < -0.39 is 11.0 Å². The Balaban J connectivity index is 1.90. The Morgan fingerprint density at radius 3 is 2.46 bits per heavy atom. The summed E-state index contributed by atoms with van der Waals surface area (Å²) in [5, 5.41) is 23.9. The number of anilines is 1. The van der Waals surface area contributed by atoms with E-state index in [2.05, 4.69) is 20.3 Å². The summed E-state index contributed by atoms with van der Waals surface area (Å²) in [5.41, 5.74) is 1.42. The predicted octanol–water partition coefficient (Wildman–Crippen LogP) is 3.41. The van der Waals surface area contributed by atoms with E-state index in [-0.39, 0.29) is 23.3 Å². The second-order valence-electron chi connectivity index (χ2n) is 5.95. The van der Waals surface area contributed by atoms with Crippen LogP contribution in [0.3, 0.4) is 0 Å². The van der Waals surface area contributed by atoms with Crippen LogP contribution in [0.25, 0.3) is 0 Å². The Morgan fingerprint density at radius 1 is 1.18 bits per heavy atom. The summed E-state index contributed by atoms with van der Waals surface area (Å²) < 4.78 is 5.40. The summed E-state index contributed by atoms with van der Waals surface area (Å²) in [4.78, 5) is 23.7. The number of hydrogen-bond donors (Lipinski definition) is 2. The van der Waals surface area contributed by atoms with Gasteiger partial charge in [-0.2, -0.15) is 4.99 Å². The van der Waals surface area contributed by atoms with Gasteiger partial charge in [0.25, 0.3) is 5.96 Å². The molecule has 0 saturated carbocycles. The van der Waals surface area contributed by atoms with Gasteiger partial charge in [-0.1, -0.05) is 0 Å². The standard InChI is InChI=1S/C19H19N5O4/c1-3-28-16-10-6-13(7-11-16)21-18-17(24(26)27)12(2)20-19(23-18)22-14-4-8-15(25)9-5-14/h4-11,17,25H,3H2,1-2H3,(H,21,22,23). The van der Waals surface area contributed by atoms with Gasteiger partial charge in [-0.3, -0.25) is 10.1 Å². The molecule has 0 spiro atoms. The van der Waals surface area contributed by atoms with Crippen molar-refractivity contribution < 1.29 is 14.8 Å². The molecule has 0 fully saturated rings. The molecule has 144 valence electrons. The number of aliphatic imine (C=N–C) groups is 3. The number of aromatic hydroxyl groups is 1. The van der Waals surface area contributed by atoms with Gasteiger partial charge in [-0.15, -0.1) is 0 Å². The number of phenols is 1. The van der Waals surface area contributed by atoms with Gasteiger partial charge in [0.1, 0.15) is 17.2 Å². The van der Waals surface area contributed by atoms with E-state index in [0.717, 1.165) is 0 Å². The molecule has 0 saturated heterocycles. The zero-order valence-electron chi connectivity index (χ0n) is 15.4. The van der Waals surface area contributed by atoms with Crippen LogP contribution in [0.2, 0.25) is 0 Å². The van der Waals surface area contributed by atoms with E-state index in [4.69, 9.17) is 4.74 Å². The molecule has 0 bridgehead atoms. The predicted molar refractivity (Wildman–Crippen MR) is 108 cm³/mol. The molecule has 2 N–H and O–H groups in total. The van der Waals surface area contributed by atoms with Crippen molar-refractivity contribution in [2.45, 2.75) is 19.9 Å². The molecule has 28 heavy (non-hydrogen) atoms. The first-order chi connectivity index (χ1) is 13.5. The average Bonchev–Trinajstić information content (AvgIpc) is 2.65. The molecular formula is C19H19N5O4. The zero-order chi connectivity index (χ0) is 20.1. The molecule has 0 aromatic heterocycles. The van der Waals surface area contributed by atoms with Crippen LogP contribution in [0.1, 0.15) is 13.8 Å². The molecule has 1 unspecified atom stereocenters. The van der Waals surface area contributed by atoms with Crippen molar-refractivity contribution in [1.82, 2.24) is 0 Å². The smallest absolute Gasteiger partial charge is 0.307 e. The van der Waals surface area contributed by atoms with Crippen molar-refractivity contribution in [3.63, 3.8) is 0 Å². The van der Waals surface area contributed by atoms with Crippen LogP contribution in [0.4, 0.5) is 11.4 Å². The summed E-state index contributed by atoms with van der Waals surface area (Å²) in [7, 11) is 0. The first-order valence-electron chi connectivity index (χ1n) is 8.61. The Bertz CT molecular complexity index is 949. The lowest BCUT2D eigenvalue weighted by Gasteiger charge is -2.18. The normalized spacial score (nSPS) is 17.6. The number of hydrogen-bond acceptors (Lipinski definition) is 6. The fourth-order valence-corrected chi connectivity index (χ4v) is 2.60. The van der Waals surface area contributed by atoms with Crippen LogP contribution in [-0.2, 0) is 0 Å². The van der Waals surface area contributed by atoms with Crippen LogP contribution in [-0.4, -0.2) is 40.2 Å². The molecular weight excluding hydrogens is 362 g/mol. The highest BCUT2D eigenvalue weighted by molar-refractivity contribution is 6.22. The van der Waals surface area contributed by atoms with Gasteiger partial charge in [-0.25, -0.2) is 9.98 Å². The number of guanidine groups is 1. The summed E-state index contributed by atoms with van der Waals surface area (Å²) in [6.45, 7) is 4.01. The van der Waals surface area contributed by atoms with Gasteiger partial charge in [0.05, 0.1) is 12.3 Å². The van der Waals surface area contributed by atoms with Gasteiger partial charge >= 0.3 is 6.04 Å². The maximum Gasteiger partial charge on any atom is 0.307 e. The molecule has 0 aliphatic carbocycles. The van der Waals surface area contributed by atoms with Crippen molar-refractivity contribution >= 4 is 28.9 Å². The van der Waals surface area contributed by atoms with Crippen molar-refractivity contribution in [3.05, 3.63) is 58.6 Å². The van der Waals surface area contributed by atoms with E-state index in [1.807, 2.05) is 6.92 Å². The Labute approximate surface area is 161 Å². The maximum absolute atomic E-state index is 11.5. The van der Waals surface area contributed by atoms with E-state index in [1.165, 1.54) is 12.1 Å². The lowest BCUT2D eigenvalue weighted by Crippen LogP contribution is -2.43. The van der Waals surface area contributed by atoms with Crippen molar-refractivity contribution in [2.24, 2.45) is 15.0 Å². The molecule has 1 heterocycles. The lowest BCUT2D eigenvalue weighted by atomic mass is 10.1. The Kier molecular flexibility index (Phi) is 5.64.